The van der Waals surface area contributed by atoms with E-state index in [0.717, 1.165) is 62.3 Å². The molecule has 4 aromatic rings. The molecule has 1 aliphatic heterocycles. The maximum Gasteiger partial charge on any atom is 0.191 e. The Labute approximate surface area is 213 Å². The highest BCUT2D eigenvalue weighted by Gasteiger charge is 2.60. The molecule has 34 heavy (non-hydrogen) atoms. The maximum absolute atomic E-state index is 4.66. The molecule has 2 atom stereocenters. The fourth-order valence-corrected chi connectivity index (χ4v) is 6.66. The maximum atomic E-state index is 4.66. The predicted octanol–water partition coefficient (Wildman–Crippen LogP) is 5.86. The van der Waals surface area contributed by atoms with Gasteiger partial charge in [-0.15, -0.1) is 10.2 Å². The fraction of sp³-hybridized carbons (Fsp3) is 0.370. The standard InChI is InChI=1S/C27H28BrN5S/c1-18-7-12-22-23(5-3-6-24(22)29-18)25-30-31-26(32(25)2)34-14-4-13-33-16-20-15-27(20,17-33)19-8-10-21(28)11-9-19/h3,5-12,20H,4,13-17H2,1-2H3/t20-,27?/m1/s1. The SMILES string of the molecule is Cc1ccc2c(-c3nnc(SCCCN4C[C@H]5CC5(c5ccc(Br)cc5)C4)n3C)cccc2n1. The van der Waals surface area contributed by atoms with Gasteiger partial charge in [0, 0.05) is 52.4 Å². The van der Waals surface area contributed by atoms with Crippen molar-refractivity contribution in [2.75, 3.05) is 25.4 Å². The van der Waals surface area contributed by atoms with Crippen molar-refractivity contribution in [2.24, 2.45) is 13.0 Å². The Bertz CT molecular complexity index is 1350. The number of benzene rings is 2. The summed E-state index contributed by atoms with van der Waals surface area (Å²) in [6.07, 6.45) is 2.51. The summed E-state index contributed by atoms with van der Waals surface area (Å²) in [5.74, 6) is 2.78. The van der Waals surface area contributed by atoms with E-state index in [-0.39, 0.29) is 0 Å². The number of fused-ring (bicyclic) bond motifs is 2. The summed E-state index contributed by atoms with van der Waals surface area (Å²) in [4.78, 5) is 7.32. The molecule has 0 bridgehead atoms. The molecule has 1 saturated heterocycles. The zero-order chi connectivity index (χ0) is 23.3. The summed E-state index contributed by atoms with van der Waals surface area (Å²) in [5, 5.41) is 11.1. The van der Waals surface area contributed by atoms with Crippen LogP contribution in [0.1, 0.15) is 24.1 Å². The Morgan fingerprint density at radius 1 is 1.09 bits per heavy atom. The predicted molar refractivity (Wildman–Crippen MR) is 142 cm³/mol. The van der Waals surface area contributed by atoms with E-state index in [4.69, 9.17) is 0 Å². The summed E-state index contributed by atoms with van der Waals surface area (Å²) in [6, 6.07) is 19.4. The molecule has 174 valence electrons. The van der Waals surface area contributed by atoms with Crippen LogP contribution in [0.5, 0.6) is 0 Å². The third kappa shape index (κ3) is 3.97. The molecule has 1 aliphatic carbocycles. The minimum Gasteiger partial charge on any atom is -0.305 e. The molecule has 7 heteroatoms. The lowest BCUT2D eigenvalue weighted by Crippen LogP contribution is -2.27. The Morgan fingerprint density at radius 3 is 2.79 bits per heavy atom. The Morgan fingerprint density at radius 2 is 1.94 bits per heavy atom. The van der Waals surface area contributed by atoms with E-state index in [0.29, 0.717) is 5.41 Å². The zero-order valence-corrected chi connectivity index (χ0v) is 21.9. The number of rotatable bonds is 7. The number of hydrogen-bond acceptors (Lipinski definition) is 5. The number of nitrogens with zero attached hydrogens (tertiary/aromatic N) is 5. The van der Waals surface area contributed by atoms with Crippen LogP contribution in [0, 0.1) is 12.8 Å². The van der Waals surface area contributed by atoms with Gasteiger partial charge >= 0.3 is 0 Å². The zero-order valence-electron chi connectivity index (χ0n) is 19.5. The van der Waals surface area contributed by atoms with Crippen molar-refractivity contribution in [3.63, 3.8) is 0 Å². The molecule has 0 spiro atoms. The van der Waals surface area contributed by atoms with Crippen LogP contribution in [-0.2, 0) is 12.5 Å². The topological polar surface area (TPSA) is 46.8 Å². The summed E-state index contributed by atoms with van der Waals surface area (Å²) >= 11 is 5.37. The number of thioether (sulfide) groups is 1. The molecule has 2 aromatic heterocycles. The molecule has 5 nitrogen and oxygen atoms in total. The minimum absolute atomic E-state index is 0.415. The molecule has 3 heterocycles. The third-order valence-corrected chi connectivity index (χ3v) is 9.07. The normalized spacial score (nSPS) is 21.8. The van der Waals surface area contributed by atoms with Gasteiger partial charge in [-0.05, 0) is 62.1 Å². The summed E-state index contributed by atoms with van der Waals surface area (Å²) in [7, 11) is 2.06. The van der Waals surface area contributed by atoms with Crippen LogP contribution in [0.15, 0.2) is 64.2 Å². The highest BCUT2D eigenvalue weighted by atomic mass is 79.9. The van der Waals surface area contributed by atoms with Gasteiger partial charge in [-0.3, -0.25) is 4.98 Å². The van der Waals surface area contributed by atoms with Crippen molar-refractivity contribution >= 4 is 38.6 Å². The van der Waals surface area contributed by atoms with Crippen molar-refractivity contribution in [1.29, 1.82) is 0 Å². The van der Waals surface area contributed by atoms with E-state index < -0.39 is 0 Å². The van der Waals surface area contributed by atoms with E-state index in [1.165, 1.54) is 25.1 Å². The van der Waals surface area contributed by atoms with Crippen LogP contribution in [0.2, 0.25) is 0 Å². The van der Waals surface area contributed by atoms with Crippen LogP contribution < -0.4 is 0 Å². The minimum atomic E-state index is 0.415. The van der Waals surface area contributed by atoms with Crippen LogP contribution in [0.3, 0.4) is 0 Å². The molecule has 0 N–H and O–H groups in total. The molecule has 2 fully saturated rings. The first-order chi connectivity index (χ1) is 16.5. The highest BCUT2D eigenvalue weighted by molar-refractivity contribution is 9.10. The lowest BCUT2D eigenvalue weighted by atomic mass is 9.95. The van der Waals surface area contributed by atoms with Crippen molar-refractivity contribution in [2.45, 2.75) is 30.3 Å². The van der Waals surface area contributed by atoms with Gasteiger partial charge < -0.3 is 9.47 Å². The number of piperidine rings is 1. The van der Waals surface area contributed by atoms with E-state index in [1.807, 2.05) is 13.0 Å². The number of pyridine rings is 1. The van der Waals surface area contributed by atoms with Gasteiger partial charge in [0.05, 0.1) is 5.52 Å². The van der Waals surface area contributed by atoms with E-state index in [2.05, 4.69) is 96.2 Å². The monoisotopic (exact) mass is 533 g/mol. The lowest BCUT2D eigenvalue weighted by Gasteiger charge is -2.21. The van der Waals surface area contributed by atoms with Crippen molar-refractivity contribution in [3.05, 3.63) is 70.3 Å². The number of likely N-dealkylation sites (tertiary alicyclic amines) is 1. The van der Waals surface area contributed by atoms with Crippen molar-refractivity contribution in [3.8, 4) is 11.4 Å². The quantitative estimate of drug-likeness (QED) is 0.220. The third-order valence-electron chi connectivity index (χ3n) is 7.43. The lowest BCUT2D eigenvalue weighted by molar-refractivity contribution is 0.299. The second kappa shape index (κ2) is 8.77. The largest absolute Gasteiger partial charge is 0.305 e. The van der Waals surface area contributed by atoms with Crippen molar-refractivity contribution < 1.29 is 0 Å². The van der Waals surface area contributed by atoms with Crippen LogP contribution in [-0.4, -0.2) is 50.0 Å². The molecule has 6 rings (SSSR count). The molecule has 1 saturated carbocycles. The van der Waals surface area contributed by atoms with Gasteiger partial charge in [0.15, 0.2) is 11.0 Å². The molecule has 2 aliphatic rings. The highest BCUT2D eigenvalue weighted by Crippen LogP contribution is 2.59. The first-order valence-electron chi connectivity index (χ1n) is 11.9. The molecular weight excluding hydrogens is 506 g/mol. The second-order valence-corrected chi connectivity index (χ2v) is 11.7. The Hall–Kier alpha value is -2.22. The van der Waals surface area contributed by atoms with Crippen LogP contribution in [0.4, 0.5) is 0 Å². The number of aryl methyl sites for hydroxylation is 1. The fourth-order valence-electron chi connectivity index (χ4n) is 5.56. The smallest absolute Gasteiger partial charge is 0.191 e. The van der Waals surface area contributed by atoms with Crippen molar-refractivity contribution in [1.82, 2.24) is 24.6 Å². The second-order valence-electron chi connectivity index (χ2n) is 9.69. The summed E-state index contributed by atoms with van der Waals surface area (Å²) in [5.41, 5.74) is 5.04. The average molecular weight is 535 g/mol. The molecule has 2 aromatic carbocycles. The number of hydrogen-bond donors (Lipinski definition) is 0. The van der Waals surface area contributed by atoms with Gasteiger partial charge in [-0.2, -0.15) is 0 Å². The van der Waals surface area contributed by atoms with Gasteiger partial charge in [0.2, 0.25) is 0 Å². The van der Waals surface area contributed by atoms with E-state index >= 15 is 0 Å². The average Bonchev–Trinajstić information content (AvgIpc) is 3.21. The van der Waals surface area contributed by atoms with Gasteiger partial charge in [-0.25, -0.2) is 0 Å². The first-order valence-corrected chi connectivity index (χ1v) is 13.7. The molecular formula is C27H28BrN5S. The molecule has 1 unspecified atom stereocenters. The van der Waals surface area contributed by atoms with Crippen LogP contribution in [0.25, 0.3) is 22.3 Å². The Balaban J connectivity index is 1.06. The van der Waals surface area contributed by atoms with E-state index in [1.54, 1.807) is 11.8 Å². The first kappa shape index (κ1) is 22.3. The van der Waals surface area contributed by atoms with Gasteiger partial charge in [0.25, 0.3) is 0 Å². The summed E-state index contributed by atoms with van der Waals surface area (Å²) in [6.45, 7) is 5.62. The Kier molecular flexibility index (Phi) is 5.74. The molecule has 0 radical (unpaired) electrons. The van der Waals surface area contributed by atoms with Crippen LogP contribution >= 0.6 is 27.7 Å². The van der Waals surface area contributed by atoms with E-state index in [9.17, 15) is 0 Å². The number of halogens is 1. The van der Waals surface area contributed by atoms with Gasteiger partial charge in [-0.1, -0.05) is 58.0 Å². The summed E-state index contributed by atoms with van der Waals surface area (Å²) < 4.78 is 3.28. The van der Waals surface area contributed by atoms with Gasteiger partial charge in [0.1, 0.15) is 0 Å². The molecule has 0 amide bonds. The number of aromatic nitrogens is 4.